The van der Waals surface area contributed by atoms with Gasteiger partial charge < -0.3 is 9.84 Å². The molecule has 0 spiro atoms. The van der Waals surface area contributed by atoms with Crippen LogP contribution < -0.4 is 0 Å². The minimum absolute atomic E-state index is 0.139. The van der Waals surface area contributed by atoms with E-state index in [0.717, 1.165) is 5.56 Å². The lowest BCUT2D eigenvalue weighted by Crippen LogP contribution is -2.40. The molecule has 5 nitrogen and oxygen atoms in total. The summed E-state index contributed by atoms with van der Waals surface area (Å²) >= 11 is 0. The number of nitrogens with zero attached hydrogens (tertiary/aromatic N) is 2. The number of hydrogen-bond donors (Lipinski definition) is 1. The van der Waals surface area contributed by atoms with E-state index in [-0.39, 0.29) is 6.61 Å². The first kappa shape index (κ1) is 17.5. The van der Waals surface area contributed by atoms with Crippen LogP contribution in [0, 0.1) is 11.3 Å². The number of aliphatic hydroxyl groups is 1. The predicted octanol–water partition coefficient (Wildman–Crippen LogP) is 3.27. The standard InChI is InChI=1S/C19H20N2O3/c1-2-21(19(23)24-14-15-9-5-3-6-10-15)18(17(22)13-20)16-11-7-4-8-12-16/h3-12,17-18,22H,2,14H2,1H3. The van der Waals surface area contributed by atoms with Gasteiger partial charge in [0.25, 0.3) is 0 Å². The molecule has 2 atom stereocenters. The maximum atomic E-state index is 12.5. The lowest BCUT2D eigenvalue weighted by Gasteiger charge is -2.31. The largest absolute Gasteiger partial charge is 0.445 e. The Bertz CT molecular complexity index is 683. The summed E-state index contributed by atoms with van der Waals surface area (Å²) < 4.78 is 5.34. The number of amides is 1. The van der Waals surface area contributed by atoms with E-state index in [4.69, 9.17) is 10.00 Å². The molecule has 2 unspecified atom stereocenters. The van der Waals surface area contributed by atoms with Gasteiger partial charge in [-0.15, -0.1) is 0 Å². The Morgan fingerprint density at radius 3 is 2.29 bits per heavy atom. The zero-order valence-electron chi connectivity index (χ0n) is 13.5. The van der Waals surface area contributed by atoms with E-state index in [1.165, 1.54) is 4.90 Å². The maximum Gasteiger partial charge on any atom is 0.410 e. The first-order chi connectivity index (χ1) is 11.7. The summed E-state index contributed by atoms with van der Waals surface area (Å²) in [6, 6.07) is 19.4. The molecule has 2 aromatic rings. The first-order valence-electron chi connectivity index (χ1n) is 7.77. The molecule has 0 radical (unpaired) electrons. The second kappa shape index (κ2) is 8.70. The Balaban J connectivity index is 2.16. The van der Waals surface area contributed by atoms with E-state index < -0.39 is 18.2 Å². The summed E-state index contributed by atoms with van der Waals surface area (Å²) in [7, 11) is 0. The molecule has 0 heterocycles. The second-order valence-corrected chi connectivity index (χ2v) is 5.26. The third-order valence-electron chi connectivity index (χ3n) is 3.69. The van der Waals surface area contributed by atoms with Crippen molar-refractivity contribution in [2.45, 2.75) is 25.7 Å². The third-order valence-corrected chi connectivity index (χ3v) is 3.69. The average Bonchev–Trinajstić information content (AvgIpc) is 2.65. The minimum atomic E-state index is -1.34. The monoisotopic (exact) mass is 324 g/mol. The van der Waals surface area contributed by atoms with Crippen molar-refractivity contribution in [2.24, 2.45) is 0 Å². The number of nitriles is 1. The summed E-state index contributed by atoms with van der Waals surface area (Å²) in [6.45, 7) is 2.23. The van der Waals surface area contributed by atoms with E-state index in [1.54, 1.807) is 31.2 Å². The van der Waals surface area contributed by atoms with Crippen LogP contribution in [0.1, 0.15) is 24.1 Å². The van der Waals surface area contributed by atoms with Gasteiger partial charge in [0, 0.05) is 6.54 Å². The third kappa shape index (κ3) is 4.34. The summed E-state index contributed by atoms with van der Waals surface area (Å²) in [5.74, 6) is 0. The molecule has 124 valence electrons. The smallest absolute Gasteiger partial charge is 0.410 e. The molecule has 0 bridgehead atoms. The summed E-state index contributed by atoms with van der Waals surface area (Å²) in [6.07, 6.45) is -1.90. The highest BCUT2D eigenvalue weighted by molar-refractivity contribution is 5.68. The van der Waals surface area contributed by atoms with Crippen LogP contribution in [-0.2, 0) is 11.3 Å². The van der Waals surface area contributed by atoms with Crippen LogP contribution in [0.25, 0.3) is 0 Å². The molecule has 0 saturated carbocycles. The van der Waals surface area contributed by atoms with Gasteiger partial charge >= 0.3 is 6.09 Å². The van der Waals surface area contributed by atoms with E-state index in [2.05, 4.69) is 0 Å². The normalized spacial score (nSPS) is 12.7. The highest BCUT2D eigenvalue weighted by atomic mass is 16.6. The SMILES string of the molecule is CCN(C(=O)OCc1ccccc1)C(c1ccccc1)C(O)C#N. The Morgan fingerprint density at radius 1 is 1.17 bits per heavy atom. The molecule has 2 aromatic carbocycles. The fraction of sp³-hybridized carbons (Fsp3) is 0.263. The molecule has 0 aromatic heterocycles. The van der Waals surface area contributed by atoms with Crippen molar-refractivity contribution in [3.8, 4) is 6.07 Å². The predicted molar refractivity (Wildman–Crippen MR) is 89.8 cm³/mol. The van der Waals surface area contributed by atoms with Crippen LogP contribution in [0.15, 0.2) is 60.7 Å². The quantitative estimate of drug-likeness (QED) is 0.828. The van der Waals surface area contributed by atoms with Crippen molar-refractivity contribution in [3.63, 3.8) is 0 Å². The van der Waals surface area contributed by atoms with Crippen LogP contribution in [0.2, 0.25) is 0 Å². The summed E-state index contributed by atoms with van der Waals surface area (Å²) in [5.41, 5.74) is 1.56. The number of aliphatic hydroxyl groups excluding tert-OH is 1. The number of carbonyl (C=O) groups excluding carboxylic acids is 1. The van der Waals surface area contributed by atoms with Gasteiger partial charge in [0.15, 0.2) is 6.10 Å². The Kier molecular flexibility index (Phi) is 6.35. The average molecular weight is 324 g/mol. The van der Waals surface area contributed by atoms with Crippen LogP contribution >= 0.6 is 0 Å². The molecule has 24 heavy (non-hydrogen) atoms. The number of likely N-dealkylation sites (N-methyl/N-ethyl adjacent to an activating group) is 1. The van der Waals surface area contributed by atoms with Gasteiger partial charge in [0.05, 0.1) is 12.1 Å². The first-order valence-corrected chi connectivity index (χ1v) is 7.77. The van der Waals surface area contributed by atoms with E-state index in [9.17, 15) is 9.90 Å². The topological polar surface area (TPSA) is 73.6 Å². The van der Waals surface area contributed by atoms with Crippen molar-refractivity contribution in [1.82, 2.24) is 4.90 Å². The zero-order valence-corrected chi connectivity index (χ0v) is 13.5. The maximum absolute atomic E-state index is 12.5. The molecule has 1 N–H and O–H groups in total. The number of hydrogen-bond acceptors (Lipinski definition) is 4. The van der Waals surface area contributed by atoms with Gasteiger partial charge in [-0.25, -0.2) is 4.79 Å². The summed E-state index contributed by atoms with van der Waals surface area (Å²) in [4.78, 5) is 13.8. The molecular weight excluding hydrogens is 304 g/mol. The van der Waals surface area contributed by atoms with Gasteiger partial charge in [-0.2, -0.15) is 5.26 Å². The Labute approximate surface area is 141 Å². The van der Waals surface area contributed by atoms with Crippen molar-refractivity contribution < 1.29 is 14.6 Å². The van der Waals surface area contributed by atoms with Crippen molar-refractivity contribution in [1.29, 1.82) is 5.26 Å². The van der Waals surface area contributed by atoms with Gasteiger partial charge in [-0.05, 0) is 18.1 Å². The molecule has 5 heteroatoms. The van der Waals surface area contributed by atoms with Gasteiger partial charge in [-0.3, -0.25) is 4.90 Å². The number of rotatable bonds is 6. The van der Waals surface area contributed by atoms with Crippen LogP contribution in [-0.4, -0.2) is 28.7 Å². The van der Waals surface area contributed by atoms with E-state index >= 15 is 0 Å². The second-order valence-electron chi connectivity index (χ2n) is 5.26. The van der Waals surface area contributed by atoms with Gasteiger partial charge in [0.2, 0.25) is 0 Å². The molecule has 0 aliphatic carbocycles. The highest BCUT2D eigenvalue weighted by Crippen LogP contribution is 2.25. The molecule has 2 rings (SSSR count). The van der Waals surface area contributed by atoms with Crippen molar-refractivity contribution >= 4 is 6.09 Å². The molecule has 0 aliphatic heterocycles. The van der Waals surface area contributed by atoms with Gasteiger partial charge in [-0.1, -0.05) is 60.7 Å². The number of benzene rings is 2. The van der Waals surface area contributed by atoms with Crippen LogP contribution in [0.3, 0.4) is 0 Å². The lowest BCUT2D eigenvalue weighted by atomic mass is 10.0. The molecule has 0 saturated heterocycles. The fourth-order valence-corrected chi connectivity index (χ4v) is 2.50. The van der Waals surface area contributed by atoms with E-state index in [0.29, 0.717) is 12.1 Å². The number of carbonyl (C=O) groups is 1. The molecule has 1 amide bonds. The molecule has 0 fully saturated rings. The fourth-order valence-electron chi connectivity index (χ4n) is 2.50. The van der Waals surface area contributed by atoms with Crippen LogP contribution in [0.4, 0.5) is 4.79 Å². The highest BCUT2D eigenvalue weighted by Gasteiger charge is 2.31. The van der Waals surface area contributed by atoms with Crippen LogP contribution in [0.5, 0.6) is 0 Å². The number of ether oxygens (including phenoxy) is 1. The van der Waals surface area contributed by atoms with E-state index in [1.807, 2.05) is 42.5 Å². The Morgan fingerprint density at radius 2 is 1.75 bits per heavy atom. The molecular formula is C19H20N2O3. The Hall–Kier alpha value is -2.84. The van der Waals surface area contributed by atoms with Gasteiger partial charge in [0.1, 0.15) is 6.61 Å². The van der Waals surface area contributed by atoms with Crippen molar-refractivity contribution in [2.75, 3.05) is 6.54 Å². The lowest BCUT2D eigenvalue weighted by molar-refractivity contribution is 0.0504. The van der Waals surface area contributed by atoms with Crippen molar-refractivity contribution in [3.05, 3.63) is 71.8 Å². The summed E-state index contributed by atoms with van der Waals surface area (Å²) in [5, 5.41) is 19.2. The minimum Gasteiger partial charge on any atom is -0.445 e. The zero-order chi connectivity index (χ0) is 17.4. The molecule has 0 aliphatic rings.